The highest BCUT2D eigenvalue weighted by atomic mass is 16.2. The van der Waals surface area contributed by atoms with Gasteiger partial charge in [-0.15, -0.1) is 0 Å². The lowest BCUT2D eigenvalue weighted by Crippen LogP contribution is -2.36. The van der Waals surface area contributed by atoms with Gasteiger partial charge in [0.05, 0.1) is 0 Å². The van der Waals surface area contributed by atoms with Crippen LogP contribution in [0.4, 0.5) is 0 Å². The van der Waals surface area contributed by atoms with Gasteiger partial charge in [0.1, 0.15) is 0 Å². The maximum absolute atomic E-state index is 12.8. The van der Waals surface area contributed by atoms with Crippen LogP contribution in [0.1, 0.15) is 55.2 Å². The highest BCUT2D eigenvalue weighted by Crippen LogP contribution is 2.32. The zero-order valence-corrected chi connectivity index (χ0v) is 13.8. The normalized spacial score (nSPS) is 24.5. The third-order valence-corrected chi connectivity index (χ3v) is 5.39. The predicted octanol–water partition coefficient (Wildman–Crippen LogP) is 3.31. The zero-order chi connectivity index (χ0) is 15.7. The maximum Gasteiger partial charge on any atom is 0.223 e. The summed E-state index contributed by atoms with van der Waals surface area (Å²) in [7, 11) is 0. The molecule has 3 rings (SSSR count). The molecule has 3 nitrogen and oxygen atoms in total. The van der Waals surface area contributed by atoms with E-state index in [2.05, 4.69) is 36.9 Å². The Morgan fingerprint density at radius 1 is 1.18 bits per heavy atom. The summed E-state index contributed by atoms with van der Waals surface area (Å²) in [6.07, 6.45) is 6.34. The number of hydrogen-bond acceptors (Lipinski definition) is 2. The highest BCUT2D eigenvalue weighted by Gasteiger charge is 2.35. The average Bonchev–Trinajstić information content (AvgIpc) is 3.24. The minimum atomic E-state index is 0.228. The predicted molar refractivity (Wildman–Crippen MR) is 89.4 cm³/mol. The first kappa shape index (κ1) is 15.5. The van der Waals surface area contributed by atoms with Crippen molar-refractivity contribution in [2.24, 2.45) is 11.7 Å². The van der Waals surface area contributed by atoms with Crippen molar-refractivity contribution in [3.05, 3.63) is 34.9 Å². The molecule has 2 N–H and O–H groups in total. The summed E-state index contributed by atoms with van der Waals surface area (Å²) in [4.78, 5) is 14.9. The second kappa shape index (κ2) is 6.41. The van der Waals surface area contributed by atoms with E-state index in [0.717, 1.165) is 32.2 Å². The number of carbonyl (C=O) groups excluding carboxylic acids is 1. The molecule has 2 atom stereocenters. The third-order valence-electron chi connectivity index (χ3n) is 5.39. The Morgan fingerprint density at radius 2 is 1.95 bits per heavy atom. The molecule has 1 aromatic carbocycles. The molecule has 0 unspecified atom stereocenters. The van der Waals surface area contributed by atoms with E-state index in [0.29, 0.717) is 24.3 Å². The number of rotatable bonds is 5. The molecule has 120 valence electrons. The Kier molecular flexibility index (Phi) is 4.53. The van der Waals surface area contributed by atoms with Gasteiger partial charge in [-0.2, -0.15) is 0 Å². The van der Waals surface area contributed by atoms with Gasteiger partial charge in [-0.25, -0.2) is 0 Å². The first-order valence-electron chi connectivity index (χ1n) is 8.66. The molecule has 1 amide bonds. The molecule has 0 saturated heterocycles. The molecule has 0 bridgehead atoms. The topological polar surface area (TPSA) is 46.3 Å². The molecule has 0 heterocycles. The molecule has 1 aromatic rings. The fourth-order valence-corrected chi connectivity index (χ4v) is 3.57. The van der Waals surface area contributed by atoms with Crippen molar-refractivity contribution in [1.82, 2.24) is 4.90 Å². The van der Waals surface area contributed by atoms with E-state index in [1.807, 2.05) is 0 Å². The molecular formula is C19H28N2O. The molecule has 0 spiro atoms. The molecular weight excluding hydrogens is 272 g/mol. The Balaban J connectivity index is 1.67. The molecule has 2 fully saturated rings. The van der Waals surface area contributed by atoms with E-state index in [9.17, 15) is 4.79 Å². The number of benzene rings is 1. The van der Waals surface area contributed by atoms with Crippen LogP contribution in [0, 0.1) is 19.8 Å². The summed E-state index contributed by atoms with van der Waals surface area (Å²) in [5.41, 5.74) is 10.0. The number of nitrogens with two attached hydrogens (primary N) is 1. The Bertz CT molecular complexity index is 550. The molecule has 0 aromatic heterocycles. The zero-order valence-electron chi connectivity index (χ0n) is 13.8. The third kappa shape index (κ3) is 3.52. The summed E-state index contributed by atoms with van der Waals surface area (Å²) < 4.78 is 0. The lowest BCUT2D eigenvalue weighted by molar-refractivity contribution is -0.133. The molecule has 2 saturated carbocycles. The molecule has 3 heteroatoms. The lowest BCUT2D eigenvalue weighted by atomic mass is 9.99. The Morgan fingerprint density at radius 3 is 2.55 bits per heavy atom. The van der Waals surface area contributed by atoms with Gasteiger partial charge >= 0.3 is 0 Å². The molecule has 2 aliphatic carbocycles. The summed E-state index contributed by atoms with van der Waals surface area (Å²) >= 11 is 0. The van der Waals surface area contributed by atoms with Crippen LogP contribution in [-0.2, 0) is 11.3 Å². The van der Waals surface area contributed by atoms with Crippen LogP contribution in [0.25, 0.3) is 0 Å². The molecule has 2 aliphatic rings. The van der Waals surface area contributed by atoms with Crippen molar-refractivity contribution in [2.75, 3.05) is 0 Å². The van der Waals surface area contributed by atoms with Gasteiger partial charge in [0, 0.05) is 25.0 Å². The van der Waals surface area contributed by atoms with Crippen molar-refractivity contribution >= 4 is 5.91 Å². The number of nitrogens with zero attached hydrogens (tertiary/aromatic N) is 1. The monoisotopic (exact) mass is 300 g/mol. The summed E-state index contributed by atoms with van der Waals surface area (Å²) in [6, 6.07) is 7.23. The van der Waals surface area contributed by atoms with Crippen LogP contribution in [-0.4, -0.2) is 22.9 Å². The van der Waals surface area contributed by atoms with Crippen LogP contribution >= 0.6 is 0 Å². The van der Waals surface area contributed by atoms with Gasteiger partial charge in [0.25, 0.3) is 0 Å². The van der Waals surface area contributed by atoms with Crippen LogP contribution < -0.4 is 5.73 Å². The molecule has 0 radical (unpaired) electrons. The van der Waals surface area contributed by atoms with Crippen molar-refractivity contribution < 1.29 is 4.79 Å². The second-order valence-electron chi connectivity index (χ2n) is 7.23. The number of aryl methyl sites for hydroxylation is 2. The van der Waals surface area contributed by atoms with Gasteiger partial charge in [0.15, 0.2) is 0 Å². The van der Waals surface area contributed by atoms with Gasteiger partial charge in [-0.1, -0.05) is 24.6 Å². The Labute approximate surface area is 133 Å². The van der Waals surface area contributed by atoms with Gasteiger partial charge < -0.3 is 10.6 Å². The SMILES string of the molecule is Cc1ccc(CN(C(=O)C[C@@H]2CCC[C@H]2N)C2CC2)cc1C. The summed E-state index contributed by atoms with van der Waals surface area (Å²) in [5, 5.41) is 0. The fraction of sp³-hybridized carbons (Fsp3) is 0.632. The standard InChI is InChI=1S/C19H28N2O/c1-13-6-7-15(10-14(13)2)12-21(17-8-9-17)19(22)11-16-4-3-5-18(16)20/h6-7,10,16-18H,3-5,8-9,11-12,20H2,1-2H3/t16-,18+/m0/s1. The van der Waals surface area contributed by atoms with Gasteiger partial charge in [0.2, 0.25) is 5.91 Å². The van der Waals surface area contributed by atoms with Crippen molar-refractivity contribution in [1.29, 1.82) is 0 Å². The maximum atomic E-state index is 12.8. The minimum absolute atomic E-state index is 0.228. The van der Waals surface area contributed by atoms with Crippen molar-refractivity contribution in [2.45, 2.75) is 71.0 Å². The summed E-state index contributed by atoms with van der Waals surface area (Å²) in [6.45, 7) is 5.02. The quantitative estimate of drug-likeness (QED) is 0.907. The molecule has 22 heavy (non-hydrogen) atoms. The smallest absolute Gasteiger partial charge is 0.223 e. The van der Waals surface area contributed by atoms with E-state index >= 15 is 0 Å². The van der Waals surface area contributed by atoms with E-state index in [4.69, 9.17) is 5.73 Å². The first-order chi connectivity index (χ1) is 10.5. The minimum Gasteiger partial charge on any atom is -0.335 e. The fourth-order valence-electron chi connectivity index (χ4n) is 3.57. The molecule has 0 aliphatic heterocycles. The van der Waals surface area contributed by atoms with Crippen LogP contribution in [0.3, 0.4) is 0 Å². The van der Waals surface area contributed by atoms with Crippen LogP contribution in [0.15, 0.2) is 18.2 Å². The van der Waals surface area contributed by atoms with E-state index in [1.54, 1.807) is 0 Å². The number of carbonyl (C=O) groups is 1. The largest absolute Gasteiger partial charge is 0.335 e. The lowest BCUT2D eigenvalue weighted by Gasteiger charge is -2.25. The Hall–Kier alpha value is -1.35. The van der Waals surface area contributed by atoms with E-state index in [1.165, 1.54) is 23.1 Å². The van der Waals surface area contributed by atoms with Gasteiger partial charge in [-0.05, 0) is 62.1 Å². The van der Waals surface area contributed by atoms with E-state index in [-0.39, 0.29) is 6.04 Å². The van der Waals surface area contributed by atoms with Crippen molar-refractivity contribution in [3.8, 4) is 0 Å². The average molecular weight is 300 g/mol. The van der Waals surface area contributed by atoms with Crippen LogP contribution in [0.2, 0.25) is 0 Å². The van der Waals surface area contributed by atoms with Crippen molar-refractivity contribution in [3.63, 3.8) is 0 Å². The summed E-state index contributed by atoms with van der Waals surface area (Å²) in [5.74, 6) is 0.705. The first-order valence-corrected chi connectivity index (χ1v) is 8.66. The second-order valence-corrected chi connectivity index (χ2v) is 7.23. The number of hydrogen-bond donors (Lipinski definition) is 1. The van der Waals surface area contributed by atoms with E-state index < -0.39 is 0 Å². The van der Waals surface area contributed by atoms with Gasteiger partial charge in [-0.3, -0.25) is 4.79 Å². The van der Waals surface area contributed by atoms with Crippen LogP contribution in [0.5, 0.6) is 0 Å². The highest BCUT2D eigenvalue weighted by molar-refractivity contribution is 5.77. The number of amides is 1.